The summed E-state index contributed by atoms with van der Waals surface area (Å²) in [5.74, 6) is -0.200. The maximum Gasteiger partial charge on any atom is 0.338 e. The van der Waals surface area contributed by atoms with Gasteiger partial charge in [-0.05, 0) is 48.2 Å². The van der Waals surface area contributed by atoms with Crippen molar-refractivity contribution < 1.29 is 23.8 Å². The van der Waals surface area contributed by atoms with Gasteiger partial charge in [0.1, 0.15) is 11.5 Å². The molecule has 4 aromatic rings. The zero-order chi connectivity index (χ0) is 27.8. The molecule has 1 unspecified atom stereocenters. The predicted octanol–water partition coefficient (Wildman–Crippen LogP) is 4.49. The van der Waals surface area contributed by atoms with E-state index in [2.05, 4.69) is 18.8 Å². The number of esters is 1. The molecule has 198 valence electrons. The fourth-order valence-electron chi connectivity index (χ4n) is 4.56. The van der Waals surface area contributed by atoms with Crippen LogP contribution < -0.4 is 14.9 Å². The summed E-state index contributed by atoms with van der Waals surface area (Å²) >= 11 is 1.22. The first kappa shape index (κ1) is 26.1. The number of methoxy groups -OCH3 is 1. The fraction of sp³-hybridized carbons (Fsp3) is 0.200. The van der Waals surface area contributed by atoms with Gasteiger partial charge < -0.3 is 14.3 Å². The fourth-order valence-corrected chi connectivity index (χ4v) is 5.59. The summed E-state index contributed by atoms with van der Waals surface area (Å²) in [4.78, 5) is 42.8. The van der Waals surface area contributed by atoms with E-state index in [1.54, 1.807) is 37.3 Å². The topological polar surface area (TPSA) is 111 Å². The number of hydrogen-bond acceptors (Lipinski definition) is 7. The van der Waals surface area contributed by atoms with Gasteiger partial charge in [0, 0.05) is 11.6 Å². The quantitative estimate of drug-likeness (QED) is 0.360. The van der Waals surface area contributed by atoms with E-state index in [-0.39, 0.29) is 11.1 Å². The number of carbonyl (C=O) groups excluding carboxylic acids is 1. The zero-order valence-corrected chi connectivity index (χ0v) is 22.6. The van der Waals surface area contributed by atoms with Crippen LogP contribution in [0.15, 0.2) is 86.1 Å². The van der Waals surface area contributed by atoms with Crippen molar-refractivity contribution in [2.24, 2.45) is 4.99 Å². The number of allylic oxidation sites excluding steroid dienone is 1. The van der Waals surface area contributed by atoms with E-state index in [1.165, 1.54) is 35.1 Å². The van der Waals surface area contributed by atoms with Crippen molar-refractivity contribution in [3.05, 3.63) is 114 Å². The molecule has 1 aliphatic rings. The van der Waals surface area contributed by atoms with Crippen LogP contribution in [0.3, 0.4) is 0 Å². The molecule has 3 heterocycles. The van der Waals surface area contributed by atoms with Gasteiger partial charge in [0.2, 0.25) is 0 Å². The molecule has 0 saturated carbocycles. The highest BCUT2D eigenvalue weighted by Crippen LogP contribution is 2.31. The van der Waals surface area contributed by atoms with Gasteiger partial charge in [-0.1, -0.05) is 61.6 Å². The van der Waals surface area contributed by atoms with Gasteiger partial charge in [0.25, 0.3) is 5.56 Å². The van der Waals surface area contributed by atoms with Crippen molar-refractivity contribution in [1.82, 2.24) is 4.57 Å². The third-order valence-electron chi connectivity index (χ3n) is 6.66. The Bertz CT molecular complexity index is 1790. The third kappa shape index (κ3) is 4.88. The van der Waals surface area contributed by atoms with Crippen molar-refractivity contribution in [2.75, 3.05) is 7.11 Å². The van der Waals surface area contributed by atoms with Crippen LogP contribution in [-0.2, 0) is 9.53 Å². The molecule has 0 bridgehead atoms. The van der Waals surface area contributed by atoms with Crippen LogP contribution >= 0.6 is 11.3 Å². The highest BCUT2D eigenvalue weighted by molar-refractivity contribution is 7.07. The molecule has 9 heteroatoms. The molecule has 1 aliphatic heterocycles. The van der Waals surface area contributed by atoms with Crippen molar-refractivity contribution in [2.45, 2.75) is 32.7 Å². The molecule has 0 saturated heterocycles. The van der Waals surface area contributed by atoms with Gasteiger partial charge in [-0.15, -0.1) is 0 Å². The van der Waals surface area contributed by atoms with Crippen molar-refractivity contribution in [1.29, 1.82) is 0 Å². The first-order chi connectivity index (χ1) is 18.7. The number of aromatic carboxylic acids is 1. The van der Waals surface area contributed by atoms with Gasteiger partial charge in [0.15, 0.2) is 4.80 Å². The Hall–Kier alpha value is -4.50. The van der Waals surface area contributed by atoms with Gasteiger partial charge in [-0.3, -0.25) is 9.36 Å². The number of carboxylic acid groups (broad SMARTS) is 1. The summed E-state index contributed by atoms with van der Waals surface area (Å²) in [5, 5.41) is 9.12. The Morgan fingerprint density at radius 3 is 2.38 bits per heavy atom. The van der Waals surface area contributed by atoms with Crippen LogP contribution in [0.5, 0.6) is 0 Å². The lowest BCUT2D eigenvalue weighted by Crippen LogP contribution is -2.39. The van der Waals surface area contributed by atoms with Crippen LogP contribution in [0.2, 0.25) is 0 Å². The zero-order valence-electron chi connectivity index (χ0n) is 21.8. The minimum Gasteiger partial charge on any atom is -0.478 e. The highest BCUT2D eigenvalue weighted by atomic mass is 32.1. The number of nitrogens with zero attached hydrogens (tertiary/aromatic N) is 2. The summed E-state index contributed by atoms with van der Waals surface area (Å²) in [6, 6.07) is 17.1. The second kappa shape index (κ2) is 10.3. The average Bonchev–Trinajstić information content (AvgIpc) is 3.52. The van der Waals surface area contributed by atoms with Crippen LogP contribution in [-0.4, -0.2) is 28.7 Å². The molecule has 8 nitrogen and oxygen atoms in total. The Morgan fingerprint density at radius 2 is 1.77 bits per heavy atom. The maximum absolute atomic E-state index is 13.7. The summed E-state index contributed by atoms with van der Waals surface area (Å²) in [6.45, 7) is 5.95. The average molecular weight is 543 g/mol. The van der Waals surface area contributed by atoms with Gasteiger partial charge in [0.05, 0.1) is 34.5 Å². The summed E-state index contributed by atoms with van der Waals surface area (Å²) < 4.78 is 13.0. The van der Waals surface area contributed by atoms with E-state index in [0.29, 0.717) is 43.6 Å². The van der Waals surface area contributed by atoms with E-state index in [9.17, 15) is 14.4 Å². The second-order valence-electron chi connectivity index (χ2n) is 9.48. The Morgan fingerprint density at radius 1 is 1.08 bits per heavy atom. The van der Waals surface area contributed by atoms with Crippen molar-refractivity contribution in [3.8, 4) is 11.3 Å². The molecule has 0 radical (unpaired) electrons. The third-order valence-corrected chi connectivity index (χ3v) is 7.65. The molecule has 0 aliphatic carbocycles. The largest absolute Gasteiger partial charge is 0.478 e. The summed E-state index contributed by atoms with van der Waals surface area (Å²) in [5.41, 5.74) is 3.35. The van der Waals surface area contributed by atoms with Gasteiger partial charge >= 0.3 is 11.9 Å². The number of aromatic nitrogens is 1. The maximum atomic E-state index is 13.7. The number of ether oxygens (including phenoxy) is 1. The predicted molar refractivity (Wildman–Crippen MR) is 147 cm³/mol. The lowest BCUT2D eigenvalue weighted by Gasteiger charge is -2.24. The molecule has 0 amide bonds. The van der Waals surface area contributed by atoms with Crippen molar-refractivity contribution in [3.63, 3.8) is 0 Å². The molecule has 39 heavy (non-hydrogen) atoms. The first-order valence-corrected chi connectivity index (χ1v) is 13.1. The second-order valence-corrected chi connectivity index (χ2v) is 10.5. The molecular weight excluding hydrogens is 516 g/mol. The molecule has 1 atom stereocenters. The monoisotopic (exact) mass is 542 g/mol. The van der Waals surface area contributed by atoms with Gasteiger partial charge in [-0.2, -0.15) is 0 Å². The Kier molecular flexibility index (Phi) is 6.93. The van der Waals surface area contributed by atoms with E-state index >= 15 is 0 Å². The van der Waals surface area contributed by atoms with E-state index in [1.807, 2.05) is 24.3 Å². The highest BCUT2D eigenvalue weighted by Gasteiger charge is 2.33. The molecular formula is C30H26N2O6S. The summed E-state index contributed by atoms with van der Waals surface area (Å²) in [7, 11) is 1.32. The lowest BCUT2D eigenvalue weighted by molar-refractivity contribution is -0.136. The number of carbonyl (C=O) groups is 2. The number of benzene rings is 2. The number of furan rings is 1. The minimum atomic E-state index is -1.00. The SMILES string of the molecule is COC(=O)C1=C(C)N=c2s/c(=C/c3ccc(-c4ccc(C(=O)O)cc4)o3)c(=O)n2C1c1ccc(C(C)C)cc1. The van der Waals surface area contributed by atoms with Crippen LogP contribution in [0.4, 0.5) is 0 Å². The molecule has 1 N–H and O–H groups in total. The Labute approximate surface area is 227 Å². The van der Waals surface area contributed by atoms with Crippen LogP contribution in [0.1, 0.15) is 60.0 Å². The molecule has 5 rings (SSSR count). The van der Waals surface area contributed by atoms with Crippen molar-refractivity contribution >= 4 is 29.4 Å². The number of carboxylic acids is 1. The molecule has 0 spiro atoms. The standard InChI is InChI=1S/C30H26N2O6S/c1-16(2)18-5-9-20(10-6-18)26-25(29(36)37-4)17(3)31-30-32(26)27(33)24(39-30)15-22-13-14-23(38-22)19-7-11-21(12-8-19)28(34)35/h5-16,26H,1-4H3,(H,34,35)/b24-15+. The number of rotatable bonds is 6. The molecule has 2 aromatic heterocycles. The number of fused-ring (bicyclic) bond motifs is 1. The van der Waals surface area contributed by atoms with E-state index < -0.39 is 18.0 Å². The lowest BCUT2D eigenvalue weighted by atomic mass is 9.93. The van der Waals surface area contributed by atoms with Crippen LogP contribution in [0, 0.1) is 0 Å². The van der Waals surface area contributed by atoms with Gasteiger partial charge in [-0.25, -0.2) is 14.6 Å². The number of thiazole rings is 1. The minimum absolute atomic E-state index is 0.182. The summed E-state index contributed by atoms with van der Waals surface area (Å²) in [6.07, 6.45) is 1.65. The molecule has 0 fully saturated rings. The number of hydrogen-bond donors (Lipinski definition) is 1. The van der Waals surface area contributed by atoms with Crippen LogP contribution in [0.25, 0.3) is 17.4 Å². The molecule has 2 aromatic carbocycles. The smallest absolute Gasteiger partial charge is 0.338 e. The van der Waals surface area contributed by atoms with E-state index in [0.717, 1.165) is 11.1 Å². The Balaban J connectivity index is 1.59. The first-order valence-electron chi connectivity index (χ1n) is 12.3. The van der Waals surface area contributed by atoms with E-state index in [4.69, 9.17) is 14.3 Å². The normalized spacial score (nSPS) is 15.3.